The maximum atomic E-state index is 13.0. The second-order valence-electron chi connectivity index (χ2n) is 7.78. The number of amides is 2. The molecule has 0 aromatic heterocycles. The highest BCUT2D eigenvalue weighted by atomic mass is 32.2. The fourth-order valence-electron chi connectivity index (χ4n) is 4.12. The first-order chi connectivity index (χ1) is 13.6. The molecule has 3 aliphatic heterocycles. The fourth-order valence-corrected chi connectivity index (χ4v) is 7.01. The number of nitrogens with zero attached hydrogens (tertiary/aromatic N) is 2. The summed E-state index contributed by atoms with van der Waals surface area (Å²) < 4.78 is 5.83. The van der Waals surface area contributed by atoms with Crippen molar-refractivity contribution < 1.29 is 14.3 Å². The molecule has 7 heteroatoms. The van der Waals surface area contributed by atoms with Crippen LogP contribution < -0.4 is 0 Å². The van der Waals surface area contributed by atoms with Gasteiger partial charge in [-0.2, -0.15) is 0 Å². The summed E-state index contributed by atoms with van der Waals surface area (Å²) in [6.07, 6.45) is 1.28. The average Bonchev–Trinajstić information content (AvgIpc) is 3.15. The summed E-state index contributed by atoms with van der Waals surface area (Å²) in [6, 6.07) is 8.10. The maximum Gasteiger partial charge on any atom is 0.253 e. The minimum atomic E-state index is -0.101. The summed E-state index contributed by atoms with van der Waals surface area (Å²) in [6.45, 7) is 5.79. The van der Waals surface area contributed by atoms with Gasteiger partial charge in [0.25, 0.3) is 5.91 Å². The summed E-state index contributed by atoms with van der Waals surface area (Å²) in [5, 5.41) is 0. The summed E-state index contributed by atoms with van der Waals surface area (Å²) in [5.41, 5.74) is 2.02. The van der Waals surface area contributed by atoms with Crippen molar-refractivity contribution in [2.24, 2.45) is 11.8 Å². The lowest BCUT2D eigenvalue weighted by Gasteiger charge is -2.30. The lowest BCUT2D eigenvalue weighted by molar-refractivity contribution is -0.140. The molecule has 3 saturated heterocycles. The number of carbonyl (C=O) groups excluding carboxylic acids is 2. The Kier molecular flexibility index (Phi) is 6.53. The van der Waals surface area contributed by atoms with Crippen LogP contribution in [0.4, 0.5) is 0 Å². The lowest BCUT2D eigenvalue weighted by Crippen LogP contribution is -2.45. The van der Waals surface area contributed by atoms with Gasteiger partial charge in [-0.25, -0.2) is 0 Å². The van der Waals surface area contributed by atoms with Crippen molar-refractivity contribution in [3.63, 3.8) is 0 Å². The van der Waals surface area contributed by atoms with Gasteiger partial charge in [-0.05, 0) is 41.5 Å². The Bertz CT molecular complexity index is 700. The molecule has 3 heterocycles. The summed E-state index contributed by atoms with van der Waals surface area (Å²) in [5.74, 6) is 2.72. The standard InChI is InChI=1S/C21H28N2O3S2/c1-15-13-23(14-18(15)20(25)22-7-9-26-10-8-22)19(24)16-3-5-17(6-4-16)21-27-11-2-12-28-21/h3-6,15,18,21H,2,7-14H2,1H3/t15-,18-/m1/s1. The molecular formula is C21H28N2O3S2. The van der Waals surface area contributed by atoms with Gasteiger partial charge in [-0.3, -0.25) is 9.59 Å². The largest absolute Gasteiger partial charge is 0.378 e. The van der Waals surface area contributed by atoms with Crippen molar-refractivity contribution in [1.82, 2.24) is 9.80 Å². The van der Waals surface area contributed by atoms with Gasteiger partial charge in [0.05, 0.1) is 23.7 Å². The van der Waals surface area contributed by atoms with Crippen LogP contribution in [0.15, 0.2) is 24.3 Å². The van der Waals surface area contributed by atoms with Crippen LogP contribution in [-0.4, -0.2) is 72.5 Å². The average molecular weight is 421 g/mol. The molecule has 0 unspecified atom stereocenters. The molecule has 2 amide bonds. The molecule has 1 aromatic carbocycles. The Balaban J connectivity index is 1.38. The zero-order chi connectivity index (χ0) is 19.5. The first kappa shape index (κ1) is 20.1. The molecule has 0 bridgehead atoms. The molecule has 0 aliphatic carbocycles. The highest BCUT2D eigenvalue weighted by Gasteiger charge is 2.39. The van der Waals surface area contributed by atoms with Gasteiger partial charge in [-0.15, -0.1) is 23.5 Å². The summed E-state index contributed by atoms with van der Waals surface area (Å²) in [7, 11) is 0. The van der Waals surface area contributed by atoms with Crippen LogP contribution in [0, 0.1) is 11.8 Å². The molecule has 4 rings (SSSR count). The molecule has 5 nitrogen and oxygen atoms in total. The van der Waals surface area contributed by atoms with Crippen LogP contribution in [-0.2, 0) is 9.53 Å². The predicted molar refractivity (Wildman–Crippen MR) is 115 cm³/mol. The van der Waals surface area contributed by atoms with Gasteiger partial charge in [-0.1, -0.05) is 19.1 Å². The molecular weight excluding hydrogens is 392 g/mol. The number of hydrogen-bond donors (Lipinski definition) is 0. The summed E-state index contributed by atoms with van der Waals surface area (Å²) in [4.78, 5) is 29.6. The van der Waals surface area contributed by atoms with E-state index in [1.165, 1.54) is 23.5 Å². The van der Waals surface area contributed by atoms with Crippen LogP contribution >= 0.6 is 23.5 Å². The SMILES string of the molecule is C[C@@H]1CN(C(=O)c2ccc(C3SCCCS3)cc2)C[C@H]1C(=O)N1CCOCC1. The van der Waals surface area contributed by atoms with E-state index in [1.54, 1.807) is 0 Å². The van der Waals surface area contributed by atoms with E-state index in [0.29, 0.717) is 44.0 Å². The number of carbonyl (C=O) groups is 2. The molecule has 0 N–H and O–H groups in total. The zero-order valence-electron chi connectivity index (χ0n) is 16.3. The van der Waals surface area contributed by atoms with Gasteiger partial charge in [0.2, 0.25) is 5.91 Å². The van der Waals surface area contributed by atoms with E-state index in [-0.39, 0.29) is 23.7 Å². The second-order valence-corrected chi connectivity index (χ2v) is 10.5. The Morgan fingerprint density at radius 2 is 1.68 bits per heavy atom. The van der Waals surface area contributed by atoms with E-state index in [1.807, 2.05) is 45.5 Å². The Labute approximate surface area is 175 Å². The zero-order valence-corrected chi connectivity index (χ0v) is 18.0. The third kappa shape index (κ3) is 4.36. The molecule has 1 aromatic rings. The molecule has 2 atom stereocenters. The van der Waals surface area contributed by atoms with Gasteiger partial charge < -0.3 is 14.5 Å². The van der Waals surface area contributed by atoms with Crippen molar-refractivity contribution >= 4 is 35.3 Å². The van der Waals surface area contributed by atoms with Gasteiger partial charge >= 0.3 is 0 Å². The summed E-state index contributed by atoms with van der Waals surface area (Å²) >= 11 is 3.98. The third-order valence-corrected chi connectivity index (χ3v) is 8.81. The Morgan fingerprint density at radius 1 is 1.00 bits per heavy atom. The first-order valence-corrected chi connectivity index (χ1v) is 12.2. The predicted octanol–water partition coefficient (Wildman–Crippen LogP) is 3.12. The molecule has 152 valence electrons. The normalized spacial score (nSPS) is 26.5. The van der Waals surface area contributed by atoms with Crippen LogP contribution in [0.25, 0.3) is 0 Å². The van der Waals surface area contributed by atoms with Gasteiger partial charge in [0.15, 0.2) is 0 Å². The van der Waals surface area contributed by atoms with Crippen molar-refractivity contribution in [3.05, 3.63) is 35.4 Å². The number of rotatable bonds is 3. The molecule has 0 saturated carbocycles. The Morgan fingerprint density at radius 3 is 2.36 bits per heavy atom. The van der Waals surface area contributed by atoms with Crippen LogP contribution in [0.3, 0.4) is 0 Å². The number of hydrogen-bond acceptors (Lipinski definition) is 5. The van der Waals surface area contributed by atoms with E-state index < -0.39 is 0 Å². The smallest absolute Gasteiger partial charge is 0.253 e. The van der Waals surface area contributed by atoms with E-state index in [4.69, 9.17) is 4.74 Å². The molecule has 3 fully saturated rings. The van der Waals surface area contributed by atoms with Crippen LogP contribution in [0.2, 0.25) is 0 Å². The minimum absolute atomic E-state index is 0.0413. The van der Waals surface area contributed by atoms with E-state index in [9.17, 15) is 9.59 Å². The number of morpholine rings is 1. The van der Waals surface area contributed by atoms with Crippen molar-refractivity contribution in [2.45, 2.75) is 17.9 Å². The topological polar surface area (TPSA) is 49.9 Å². The lowest BCUT2D eigenvalue weighted by atomic mass is 9.96. The number of likely N-dealkylation sites (tertiary alicyclic amines) is 1. The second kappa shape index (κ2) is 9.09. The molecule has 0 radical (unpaired) electrons. The maximum absolute atomic E-state index is 13.0. The van der Waals surface area contributed by atoms with E-state index in [2.05, 4.69) is 19.1 Å². The van der Waals surface area contributed by atoms with E-state index in [0.717, 1.165) is 5.56 Å². The molecule has 28 heavy (non-hydrogen) atoms. The van der Waals surface area contributed by atoms with Crippen molar-refractivity contribution in [1.29, 1.82) is 0 Å². The van der Waals surface area contributed by atoms with Gasteiger partial charge in [0, 0.05) is 31.7 Å². The first-order valence-electron chi connectivity index (χ1n) is 10.1. The van der Waals surface area contributed by atoms with E-state index >= 15 is 0 Å². The number of ether oxygens (including phenoxy) is 1. The third-order valence-electron chi connectivity index (χ3n) is 5.80. The fraction of sp³-hybridized carbons (Fsp3) is 0.619. The number of thioether (sulfide) groups is 2. The molecule has 3 aliphatic rings. The highest BCUT2D eigenvalue weighted by molar-refractivity contribution is 8.16. The molecule has 0 spiro atoms. The van der Waals surface area contributed by atoms with Gasteiger partial charge in [0.1, 0.15) is 0 Å². The quantitative estimate of drug-likeness (QED) is 0.752. The monoisotopic (exact) mass is 420 g/mol. The van der Waals surface area contributed by atoms with Crippen LogP contribution in [0.1, 0.15) is 33.8 Å². The van der Waals surface area contributed by atoms with Crippen molar-refractivity contribution in [2.75, 3.05) is 50.9 Å². The Hall–Kier alpha value is -1.18. The number of benzene rings is 1. The highest BCUT2D eigenvalue weighted by Crippen LogP contribution is 2.43. The minimum Gasteiger partial charge on any atom is -0.378 e. The van der Waals surface area contributed by atoms with Crippen molar-refractivity contribution in [3.8, 4) is 0 Å². The van der Waals surface area contributed by atoms with Crippen LogP contribution in [0.5, 0.6) is 0 Å².